The van der Waals surface area contributed by atoms with Crippen molar-refractivity contribution >= 4 is 39.3 Å². The fraction of sp³-hybridized carbons (Fsp3) is 0.348. The smallest absolute Gasteiger partial charge is 0.414 e. The monoisotopic (exact) mass is 488 g/mol. The zero-order valence-electron chi connectivity index (χ0n) is 19.3. The summed E-state index contributed by atoms with van der Waals surface area (Å²) in [4.78, 5) is 38.3. The van der Waals surface area contributed by atoms with Gasteiger partial charge in [0.2, 0.25) is 15.9 Å². The number of anilines is 2. The predicted octanol–water partition coefficient (Wildman–Crippen LogP) is 2.35. The van der Waals surface area contributed by atoms with Gasteiger partial charge in [0.15, 0.2) is 0 Å². The first kappa shape index (κ1) is 25.2. The molecule has 182 valence electrons. The largest absolute Gasteiger partial charge is 0.447 e. The first-order valence-corrected chi connectivity index (χ1v) is 12.3. The number of benzene rings is 2. The third kappa shape index (κ3) is 5.54. The molecule has 10 nitrogen and oxygen atoms in total. The van der Waals surface area contributed by atoms with Crippen LogP contribution in [0.3, 0.4) is 0 Å². The normalized spacial score (nSPS) is 13.6. The van der Waals surface area contributed by atoms with Crippen LogP contribution in [0.4, 0.5) is 16.2 Å². The van der Waals surface area contributed by atoms with Crippen molar-refractivity contribution in [1.82, 2.24) is 9.62 Å². The van der Waals surface area contributed by atoms with Crippen LogP contribution < -0.4 is 15.5 Å². The molecule has 0 bridgehead atoms. The Hall–Kier alpha value is -3.44. The Labute approximate surface area is 198 Å². The van der Waals surface area contributed by atoms with Crippen LogP contribution in [0.2, 0.25) is 0 Å². The van der Waals surface area contributed by atoms with Crippen molar-refractivity contribution in [3.8, 4) is 0 Å². The molecule has 1 heterocycles. The van der Waals surface area contributed by atoms with E-state index in [1.165, 1.54) is 33.5 Å². The molecule has 0 unspecified atom stereocenters. The van der Waals surface area contributed by atoms with Crippen molar-refractivity contribution in [3.05, 3.63) is 53.6 Å². The maximum Gasteiger partial charge on any atom is 0.414 e. The second kappa shape index (κ2) is 10.7. The van der Waals surface area contributed by atoms with E-state index in [2.05, 4.69) is 10.6 Å². The molecule has 0 radical (unpaired) electrons. The summed E-state index contributed by atoms with van der Waals surface area (Å²) in [5, 5.41) is 5.18. The molecule has 2 aromatic carbocycles. The Kier molecular flexibility index (Phi) is 7.90. The Bertz CT molecular complexity index is 1190. The quantitative estimate of drug-likeness (QED) is 0.558. The van der Waals surface area contributed by atoms with Crippen molar-refractivity contribution < 1.29 is 27.5 Å². The molecule has 0 saturated carbocycles. The molecule has 0 aliphatic carbocycles. The van der Waals surface area contributed by atoms with Gasteiger partial charge in [0, 0.05) is 24.3 Å². The maximum absolute atomic E-state index is 12.7. The van der Waals surface area contributed by atoms with Gasteiger partial charge < -0.3 is 15.4 Å². The van der Waals surface area contributed by atoms with Gasteiger partial charge in [0.05, 0.1) is 23.7 Å². The number of cyclic esters (lactones) is 1. The minimum Gasteiger partial charge on any atom is -0.447 e. The summed E-state index contributed by atoms with van der Waals surface area (Å²) in [7, 11) is -3.71. The third-order valence-electron chi connectivity index (χ3n) is 5.39. The zero-order chi connectivity index (χ0) is 24.9. The van der Waals surface area contributed by atoms with E-state index in [4.69, 9.17) is 4.74 Å². The highest BCUT2D eigenvalue weighted by atomic mass is 32.2. The van der Waals surface area contributed by atoms with E-state index >= 15 is 0 Å². The minimum absolute atomic E-state index is 0.0147. The maximum atomic E-state index is 12.7. The van der Waals surface area contributed by atoms with Gasteiger partial charge >= 0.3 is 6.09 Å². The van der Waals surface area contributed by atoms with Crippen LogP contribution >= 0.6 is 0 Å². The molecule has 1 aliphatic rings. The van der Waals surface area contributed by atoms with Crippen molar-refractivity contribution in [2.24, 2.45) is 0 Å². The summed E-state index contributed by atoms with van der Waals surface area (Å²) < 4.78 is 31.7. The van der Waals surface area contributed by atoms with Gasteiger partial charge in [-0.15, -0.1) is 0 Å². The number of nitrogens with zero attached hydrogens (tertiary/aromatic N) is 2. The van der Waals surface area contributed by atoms with Crippen LogP contribution in [0.15, 0.2) is 47.4 Å². The predicted molar refractivity (Wildman–Crippen MR) is 127 cm³/mol. The van der Waals surface area contributed by atoms with Crippen LogP contribution in [-0.4, -0.2) is 63.4 Å². The summed E-state index contributed by atoms with van der Waals surface area (Å²) in [5.74, 6) is -1.05. The Morgan fingerprint density at radius 2 is 1.85 bits per heavy atom. The lowest BCUT2D eigenvalue weighted by Crippen LogP contribution is -2.33. The van der Waals surface area contributed by atoms with Gasteiger partial charge in [-0.3, -0.25) is 14.5 Å². The molecule has 3 rings (SSSR count). The Morgan fingerprint density at radius 1 is 1.12 bits per heavy atom. The molecular formula is C23H28N4O6S. The summed E-state index contributed by atoms with van der Waals surface area (Å²) in [6.45, 7) is 6.37. The molecule has 11 heteroatoms. The van der Waals surface area contributed by atoms with E-state index in [1.807, 2.05) is 6.92 Å². The molecular weight excluding hydrogens is 460 g/mol. The Morgan fingerprint density at radius 3 is 2.50 bits per heavy atom. The van der Waals surface area contributed by atoms with Crippen molar-refractivity contribution in [3.63, 3.8) is 0 Å². The van der Waals surface area contributed by atoms with Gasteiger partial charge in [-0.25, -0.2) is 13.2 Å². The van der Waals surface area contributed by atoms with Gasteiger partial charge in [-0.1, -0.05) is 26.0 Å². The summed E-state index contributed by atoms with van der Waals surface area (Å²) in [6, 6.07) is 10.8. The standard InChI is InChI=1S/C23H28N4O6S/c1-4-26(5-2)34(31,32)19-8-6-7-17(13-19)22(29)24-15-21(28)25-18-10-9-16(3)20(14-18)27-11-12-33-23(27)30/h6-10,13-14H,4-5,11-12,15H2,1-3H3,(H,24,29)(H,25,28). The van der Waals surface area contributed by atoms with E-state index in [9.17, 15) is 22.8 Å². The summed E-state index contributed by atoms with van der Waals surface area (Å²) in [5.41, 5.74) is 2.08. The number of sulfonamides is 1. The number of nitrogens with one attached hydrogen (secondary N) is 2. The van der Waals surface area contributed by atoms with Crippen LogP contribution in [0.1, 0.15) is 29.8 Å². The average Bonchev–Trinajstić information content (AvgIpc) is 3.25. The number of aryl methyl sites for hydroxylation is 1. The Balaban J connectivity index is 1.64. The highest BCUT2D eigenvalue weighted by Gasteiger charge is 2.25. The SMILES string of the molecule is CCN(CC)S(=O)(=O)c1cccc(C(=O)NCC(=O)Nc2ccc(C)c(N3CCOC3=O)c2)c1. The molecule has 0 spiro atoms. The lowest BCUT2D eigenvalue weighted by Gasteiger charge is -2.18. The fourth-order valence-electron chi connectivity index (χ4n) is 3.57. The molecule has 34 heavy (non-hydrogen) atoms. The molecule has 1 aliphatic heterocycles. The first-order valence-electron chi connectivity index (χ1n) is 10.9. The number of hydrogen-bond acceptors (Lipinski definition) is 6. The lowest BCUT2D eigenvalue weighted by atomic mass is 10.1. The fourth-order valence-corrected chi connectivity index (χ4v) is 5.07. The van der Waals surface area contributed by atoms with Crippen LogP contribution in [0.5, 0.6) is 0 Å². The zero-order valence-corrected chi connectivity index (χ0v) is 20.1. The van der Waals surface area contributed by atoms with Crippen molar-refractivity contribution in [1.29, 1.82) is 0 Å². The van der Waals surface area contributed by atoms with E-state index in [0.717, 1.165) is 5.56 Å². The van der Waals surface area contributed by atoms with Crippen LogP contribution in [0.25, 0.3) is 0 Å². The molecule has 2 N–H and O–H groups in total. The molecule has 1 fully saturated rings. The first-order chi connectivity index (χ1) is 16.2. The molecule has 3 amide bonds. The molecule has 0 atom stereocenters. The van der Waals surface area contributed by atoms with Gasteiger partial charge in [0.1, 0.15) is 6.61 Å². The minimum atomic E-state index is -3.71. The molecule has 1 saturated heterocycles. The second-order valence-corrected chi connectivity index (χ2v) is 9.55. The van der Waals surface area contributed by atoms with Gasteiger partial charge in [-0.05, 0) is 42.8 Å². The number of ether oxygens (including phenoxy) is 1. The second-order valence-electron chi connectivity index (χ2n) is 7.62. The number of hydrogen-bond donors (Lipinski definition) is 2. The lowest BCUT2D eigenvalue weighted by molar-refractivity contribution is -0.115. The van der Waals surface area contributed by atoms with E-state index in [-0.39, 0.29) is 17.0 Å². The number of amides is 3. The number of rotatable bonds is 9. The third-order valence-corrected chi connectivity index (χ3v) is 7.44. The van der Waals surface area contributed by atoms with Crippen LogP contribution in [-0.2, 0) is 19.6 Å². The number of carbonyl (C=O) groups excluding carboxylic acids is 3. The topological polar surface area (TPSA) is 125 Å². The van der Waals surface area contributed by atoms with Crippen molar-refractivity contribution in [2.45, 2.75) is 25.7 Å². The number of carbonyl (C=O) groups is 3. The highest BCUT2D eigenvalue weighted by molar-refractivity contribution is 7.89. The van der Waals surface area contributed by atoms with E-state index < -0.39 is 27.9 Å². The van der Waals surface area contributed by atoms with Crippen LogP contribution in [0, 0.1) is 6.92 Å². The summed E-state index contributed by atoms with van der Waals surface area (Å²) in [6.07, 6.45) is -0.441. The van der Waals surface area contributed by atoms with Gasteiger partial charge in [-0.2, -0.15) is 4.31 Å². The van der Waals surface area contributed by atoms with Crippen molar-refractivity contribution in [2.75, 3.05) is 43.0 Å². The molecule has 2 aromatic rings. The van der Waals surface area contributed by atoms with Gasteiger partial charge in [0.25, 0.3) is 5.91 Å². The average molecular weight is 489 g/mol. The van der Waals surface area contributed by atoms with E-state index in [0.29, 0.717) is 37.6 Å². The highest BCUT2D eigenvalue weighted by Crippen LogP contribution is 2.26. The summed E-state index contributed by atoms with van der Waals surface area (Å²) >= 11 is 0. The molecule has 0 aromatic heterocycles. The van der Waals surface area contributed by atoms with E-state index in [1.54, 1.807) is 32.0 Å².